The van der Waals surface area contributed by atoms with Crippen LogP contribution in [0.3, 0.4) is 0 Å². The summed E-state index contributed by atoms with van der Waals surface area (Å²) in [4.78, 5) is 10.8. The van der Waals surface area contributed by atoms with E-state index in [1.54, 1.807) is 7.11 Å². The molecule has 2 unspecified atom stereocenters. The molecule has 2 aromatic rings. The molecule has 1 aliphatic heterocycles. The first-order chi connectivity index (χ1) is 9.74. The second kappa shape index (κ2) is 5.34. The summed E-state index contributed by atoms with van der Waals surface area (Å²) in [7, 11) is 1.75. The zero-order valence-electron chi connectivity index (χ0n) is 11.7. The lowest BCUT2D eigenvalue weighted by atomic mass is 9.99. The summed E-state index contributed by atoms with van der Waals surface area (Å²) in [5.74, 6) is 0.860. The molecular formula is C13H19N5O2. The zero-order chi connectivity index (χ0) is 14.1. The number of nitrogens with zero attached hydrogens (tertiary/aromatic N) is 4. The van der Waals surface area contributed by atoms with Crippen LogP contribution in [0.5, 0.6) is 0 Å². The molecule has 2 atom stereocenters. The van der Waals surface area contributed by atoms with Gasteiger partial charge in [0.05, 0.1) is 11.8 Å². The van der Waals surface area contributed by atoms with Gasteiger partial charge in [0.15, 0.2) is 0 Å². The number of anilines is 1. The van der Waals surface area contributed by atoms with Crippen LogP contribution in [0.15, 0.2) is 10.9 Å². The molecule has 0 aromatic carbocycles. The van der Waals surface area contributed by atoms with Crippen molar-refractivity contribution in [2.45, 2.75) is 31.9 Å². The van der Waals surface area contributed by atoms with Crippen molar-refractivity contribution in [2.24, 2.45) is 5.73 Å². The Hall–Kier alpha value is -1.73. The molecule has 20 heavy (non-hydrogen) atoms. The van der Waals surface area contributed by atoms with Gasteiger partial charge < -0.3 is 19.9 Å². The van der Waals surface area contributed by atoms with Crippen molar-refractivity contribution in [3.05, 3.63) is 12.0 Å². The highest BCUT2D eigenvalue weighted by atomic mass is 16.5. The second-order valence-electron chi connectivity index (χ2n) is 5.11. The first kappa shape index (κ1) is 13.3. The molecule has 2 N–H and O–H groups in total. The van der Waals surface area contributed by atoms with Gasteiger partial charge in [-0.15, -0.1) is 0 Å². The number of rotatable bonds is 3. The Morgan fingerprint density at radius 3 is 3.10 bits per heavy atom. The lowest BCUT2D eigenvalue weighted by molar-refractivity contribution is 0.0708. The molecule has 3 rings (SSSR count). The van der Waals surface area contributed by atoms with Crippen molar-refractivity contribution >= 4 is 16.9 Å². The lowest BCUT2D eigenvalue weighted by Crippen LogP contribution is -2.49. The maximum atomic E-state index is 5.93. The molecule has 0 bridgehead atoms. The Morgan fingerprint density at radius 2 is 2.35 bits per heavy atom. The molecule has 0 radical (unpaired) electrons. The summed E-state index contributed by atoms with van der Waals surface area (Å²) in [5.41, 5.74) is 7.26. The average molecular weight is 277 g/mol. The highest BCUT2D eigenvalue weighted by molar-refractivity contribution is 5.88. The van der Waals surface area contributed by atoms with E-state index in [1.165, 1.54) is 6.33 Å². The Kier molecular flexibility index (Phi) is 3.54. The lowest BCUT2D eigenvalue weighted by Gasteiger charge is -2.39. The van der Waals surface area contributed by atoms with Gasteiger partial charge in [0, 0.05) is 26.2 Å². The zero-order valence-corrected chi connectivity index (χ0v) is 11.7. The van der Waals surface area contributed by atoms with Crippen LogP contribution in [0, 0.1) is 6.92 Å². The van der Waals surface area contributed by atoms with Gasteiger partial charge in [0.1, 0.15) is 17.5 Å². The largest absolute Gasteiger partial charge is 0.381 e. The van der Waals surface area contributed by atoms with Gasteiger partial charge in [-0.25, -0.2) is 4.98 Å². The molecule has 2 aromatic heterocycles. The minimum atomic E-state index is 0.209. The van der Waals surface area contributed by atoms with Crippen LogP contribution in [0.1, 0.15) is 18.5 Å². The number of ether oxygens (including phenoxy) is 1. The smallest absolute Gasteiger partial charge is 0.263 e. The Morgan fingerprint density at radius 1 is 1.50 bits per heavy atom. The van der Waals surface area contributed by atoms with E-state index in [1.807, 2.05) is 6.92 Å². The third kappa shape index (κ3) is 2.12. The number of hydrogen-bond donors (Lipinski definition) is 1. The Bertz CT molecular complexity index is 599. The van der Waals surface area contributed by atoms with E-state index in [0.717, 1.165) is 36.3 Å². The minimum absolute atomic E-state index is 0.209. The fraction of sp³-hybridized carbons (Fsp3) is 0.615. The SMILES string of the molecule is COC1CCN(c2ncnc3onc(C)c23)C(CN)C1. The number of nitrogens with two attached hydrogens (primary N) is 1. The fourth-order valence-corrected chi connectivity index (χ4v) is 2.85. The monoisotopic (exact) mass is 277 g/mol. The summed E-state index contributed by atoms with van der Waals surface area (Å²) in [6, 6.07) is 0.209. The third-order valence-corrected chi connectivity index (χ3v) is 3.97. The van der Waals surface area contributed by atoms with Crippen molar-refractivity contribution in [3.8, 4) is 0 Å². The van der Waals surface area contributed by atoms with E-state index in [-0.39, 0.29) is 12.1 Å². The molecule has 1 saturated heterocycles. The number of aromatic nitrogens is 3. The minimum Gasteiger partial charge on any atom is -0.381 e. The van der Waals surface area contributed by atoms with Gasteiger partial charge in [-0.2, -0.15) is 4.98 Å². The van der Waals surface area contributed by atoms with Crippen LogP contribution in [0.25, 0.3) is 11.1 Å². The molecular weight excluding hydrogens is 258 g/mol. The molecule has 108 valence electrons. The Labute approximate surface area is 117 Å². The van der Waals surface area contributed by atoms with Crippen LogP contribution in [0.2, 0.25) is 0 Å². The predicted molar refractivity (Wildman–Crippen MR) is 74.6 cm³/mol. The third-order valence-electron chi connectivity index (χ3n) is 3.97. The van der Waals surface area contributed by atoms with E-state index >= 15 is 0 Å². The summed E-state index contributed by atoms with van der Waals surface area (Å²) in [6.07, 6.45) is 3.64. The van der Waals surface area contributed by atoms with Gasteiger partial charge in [-0.3, -0.25) is 0 Å². The summed E-state index contributed by atoms with van der Waals surface area (Å²) in [6.45, 7) is 3.32. The van der Waals surface area contributed by atoms with Crippen LogP contribution in [-0.2, 0) is 4.74 Å². The van der Waals surface area contributed by atoms with E-state index in [4.69, 9.17) is 15.0 Å². The first-order valence-corrected chi connectivity index (χ1v) is 6.81. The Balaban J connectivity index is 1.99. The van der Waals surface area contributed by atoms with Crippen molar-refractivity contribution in [2.75, 3.05) is 25.1 Å². The van der Waals surface area contributed by atoms with Crippen molar-refractivity contribution in [3.63, 3.8) is 0 Å². The molecule has 0 saturated carbocycles. The molecule has 7 nitrogen and oxygen atoms in total. The number of piperidine rings is 1. The maximum absolute atomic E-state index is 5.93. The van der Waals surface area contributed by atoms with Crippen molar-refractivity contribution < 1.29 is 9.26 Å². The molecule has 7 heteroatoms. The molecule has 1 aliphatic rings. The van der Waals surface area contributed by atoms with Crippen LogP contribution < -0.4 is 10.6 Å². The second-order valence-corrected chi connectivity index (χ2v) is 5.11. The van der Waals surface area contributed by atoms with Crippen LogP contribution >= 0.6 is 0 Å². The molecule has 0 spiro atoms. The van der Waals surface area contributed by atoms with Gasteiger partial charge in [0.2, 0.25) is 0 Å². The van der Waals surface area contributed by atoms with Gasteiger partial charge in [-0.05, 0) is 19.8 Å². The molecule has 0 aliphatic carbocycles. The highest BCUT2D eigenvalue weighted by Gasteiger charge is 2.30. The highest BCUT2D eigenvalue weighted by Crippen LogP contribution is 2.30. The number of aryl methyl sites for hydroxylation is 1. The standard InChI is InChI=1S/C13H19N5O2/c1-8-11-12(15-7-16-13(11)20-17-8)18-4-3-10(19-2)5-9(18)6-14/h7,9-10H,3-6,14H2,1-2H3. The summed E-state index contributed by atoms with van der Waals surface area (Å²) in [5, 5.41) is 4.85. The number of fused-ring (bicyclic) bond motifs is 1. The van der Waals surface area contributed by atoms with Gasteiger partial charge >= 0.3 is 0 Å². The number of hydrogen-bond acceptors (Lipinski definition) is 7. The van der Waals surface area contributed by atoms with Crippen molar-refractivity contribution in [1.82, 2.24) is 15.1 Å². The molecule has 1 fully saturated rings. The molecule has 0 amide bonds. The number of methoxy groups -OCH3 is 1. The van der Waals surface area contributed by atoms with E-state index in [9.17, 15) is 0 Å². The normalized spacial score (nSPS) is 23.4. The van der Waals surface area contributed by atoms with Gasteiger partial charge in [-0.1, -0.05) is 5.16 Å². The quantitative estimate of drug-likeness (QED) is 0.890. The summed E-state index contributed by atoms with van der Waals surface area (Å²) < 4.78 is 10.7. The maximum Gasteiger partial charge on any atom is 0.263 e. The first-order valence-electron chi connectivity index (χ1n) is 6.81. The van der Waals surface area contributed by atoms with E-state index < -0.39 is 0 Å². The average Bonchev–Trinajstić information content (AvgIpc) is 2.88. The van der Waals surface area contributed by atoms with Gasteiger partial charge in [0.25, 0.3) is 5.71 Å². The van der Waals surface area contributed by atoms with E-state index in [0.29, 0.717) is 12.3 Å². The fourth-order valence-electron chi connectivity index (χ4n) is 2.85. The van der Waals surface area contributed by atoms with Crippen molar-refractivity contribution in [1.29, 1.82) is 0 Å². The van der Waals surface area contributed by atoms with Crippen LogP contribution in [-0.4, -0.2) is 47.5 Å². The topological polar surface area (TPSA) is 90.3 Å². The van der Waals surface area contributed by atoms with E-state index in [2.05, 4.69) is 20.0 Å². The molecule has 3 heterocycles. The summed E-state index contributed by atoms with van der Waals surface area (Å²) >= 11 is 0. The predicted octanol–water partition coefficient (Wildman–Crippen LogP) is 0.869. The van der Waals surface area contributed by atoms with Crippen LogP contribution in [0.4, 0.5) is 5.82 Å².